The van der Waals surface area contributed by atoms with Gasteiger partial charge in [-0.05, 0) is 74.0 Å². The molecule has 0 bridgehead atoms. The van der Waals surface area contributed by atoms with Crippen molar-refractivity contribution in [2.24, 2.45) is 41.5 Å². The Hall–Kier alpha value is -0.810. The van der Waals surface area contributed by atoms with Crippen LogP contribution in [0.1, 0.15) is 71.6 Å². The van der Waals surface area contributed by atoms with Crippen molar-refractivity contribution in [1.29, 1.82) is 0 Å². The molecular formula is C24H36N2O2S. The molecule has 0 aliphatic heterocycles. The molecule has 0 saturated heterocycles. The summed E-state index contributed by atoms with van der Waals surface area (Å²) in [6.07, 6.45) is 13.5. The maximum absolute atomic E-state index is 12.1. The zero-order valence-corrected chi connectivity index (χ0v) is 19.0. The van der Waals surface area contributed by atoms with Gasteiger partial charge in [0.2, 0.25) is 0 Å². The van der Waals surface area contributed by atoms with Crippen molar-refractivity contribution >= 4 is 17.5 Å². The van der Waals surface area contributed by atoms with E-state index in [0.29, 0.717) is 23.0 Å². The number of rotatable bonds is 3. The summed E-state index contributed by atoms with van der Waals surface area (Å²) in [5.41, 5.74) is -0.236. The molecule has 5 rings (SSSR count). The van der Waals surface area contributed by atoms with E-state index in [0.717, 1.165) is 61.3 Å². The molecule has 1 heterocycles. The first-order valence-electron chi connectivity index (χ1n) is 11.6. The number of ketones is 1. The second-order valence-corrected chi connectivity index (χ2v) is 12.0. The lowest BCUT2D eigenvalue weighted by Gasteiger charge is -2.61. The van der Waals surface area contributed by atoms with Crippen LogP contribution in [-0.4, -0.2) is 31.8 Å². The van der Waals surface area contributed by atoms with Crippen molar-refractivity contribution in [3.63, 3.8) is 0 Å². The summed E-state index contributed by atoms with van der Waals surface area (Å²) in [5, 5.41) is 12.9. The van der Waals surface area contributed by atoms with E-state index < -0.39 is 5.60 Å². The Kier molecular flexibility index (Phi) is 4.75. The van der Waals surface area contributed by atoms with Crippen molar-refractivity contribution in [1.82, 2.24) is 9.55 Å². The van der Waals surface area contributed by atoms with Crippen LogP contribution < -0.4 is 0 Å². The molecule has 29 heavy (non-hydrogen) atoms. The topological polar surface area (TPSA) is 55.1 Å². The van der Waals surface area contributed by atoms with Crippen LogP contribution in [0.3, 0.4) is 0 Å². The molecule has 4 aliphatic carbocycles. The maximum atomic E-state index is 12.1. The summed E-state index contributed by atoms with van der Waals surface area (Å²) in [4.78, 5) is 16.5. The van der Waals surface area contributed by atoms with Crippen LogP contribution >= 0.6 is 11.8 Å². The highest BCUT2D eigenvalue weighted by molar-refractivity contribution is 7.99. The van der Waals surface area contributed by atoms with Crippen molar-refractivity contribution < 1.29 is 9.90 Å². The molecule has 1 aromatic heterocycles. The molecule has 0 amide bonds. The summed E-state index contributed by atoms with van der Waals surface area (Å²) in [6.45, 7) is 4.89. The Bertz CT molecular complexity index is 809. The van der Waals surface area contributed by atoms with Crippen molar-refractivity contribution in [3.05, 3.63) is 12.4 Å². The lowest BCUT2D eigenvalue weighted by Crippen LogP contribution is -2.57. The lowest BCUT2D eigenvalue weighted by molar-refractivity contribution is -0.152. The van der Waals surface area contributed by atoms with E-state index in [-0.39, 0.29) is 5.41 Å². The van der Waals surface area contributed by atoms with Gasteiger partial charge in [-0.2, -0.15) is 0 Å². The standard InChI is InChI=1S/C24H36N2O2S/c1-22-9-6-17(27)14-16(22)4-5-18-19(22)7-10-23(2)20(18)8-11-24(23,28)15-29-21-25-12-13-26(21)3/h12-13,16,18-20,28H,4-11,14-15H2,1-3H3/t16-,18+,19-,20-,22-,23-,24+/m0/s1. The van der Waals surface area contributed by atoms with Crippen LogP contribution in [0.5, 0.6) is 0 Å². The van der Waals surface area contributed by atoms with Crippen LogP contribution in [0.25, 0.3) is 0 Å². The minimum atomic E-state index is -0.598. The third-order valence-electron chi connectivity index (χ3n) is 10.0. The van der Waals surface area contributed by atoms with Gasteiger partial charge >= 0.3 is 0 Å². The van der Waals surface area contributed by atoms with E-state index in [1.54, 1.807) is 11.8 Å². The average Bonchev–Trinajstić information content (AvgIpc) is 3.22. The predicted molar refractivity (Wildman–Crippen MR) is 116 cm³/mol. The molecule has 0 aromatic carbocycles. The number of hydrogen-bond donors (Lipinski definition) is 1. The number of fused-ring (bicyclic) bond motifs is 5. The van der Waals surface area contributed by atoms with E-state index in [1.165, 1.54) is 19.3 Å². The van der Waals surface area contributed by atoms with Gasteiger partial charge < -0.3 is 9.67 Å². The number of imidazole rings is 1. The van der Waals surface area contributed by atoms with Crippen molar-refractivity contribution in [2.75, 3.05) is 5.75 Å². The molecule has 7 atom stereocenters. The summed E-state index contributed by atoms with van der Waals surface area (Å²) in [6, 6.07) is 0. The molecule has 0 spiro atoms. The molecule has 0 radical (unpaired) electrons. The molecule has 160 valence electrons. The van der Waals surface area contributed by atoms with E-state index in [2.05, 4.69) is 18.8 Å². The van der Waals surface area contributed by atoms with Crippen molar-refractivity contribution in [2.45, 2.75) is 82.4 Å². The first-order valence-corrected chi connectivity index (χ1v) is 12.6. The summed E-state index contributed by atoms with van der Waals surface area (Å²) < 4.78 is 2.05. The Balaban J connectivity index is 1.36. The van der Waals surface area contributed by atoms with Gasteiger partial charge in [-0.25, -0.2) is 4.98 Å². The van der Waals surface area contributed by atoms with Crippen molar-refractivity contribution in [3.8, 4) is 0 Å². The number of carbonyl (C=O) groups is 1. The third kappa shape index (κ3) is 2.90. The second-order valence-electron chi connectivity index (χ2n) is 11.0. The number of aliphatic hydroxyl groups is 1. The SMILES string of the molecule is Cn1ccnc1SC[C@]1(O)CC[C@H]2[C@@H]3CC[C@H]4CC(=O)CC[C@]4(C)[C@H]3CC[C@@]21C. The fourth-order valence-corrected chi connectivity index (χ4v) is 9.31. The zero-order valence-electron chi connectivity index (χ0n) is 18.2. The van der Waals surface area contributed by atoms with Crippen LogP contribution in [0.2, 0.25) is 0 Å². The lowest BCUT2D eigenvalue weighted by atomic mass is 9.44. The molecule has 0 unspecified atom stereocenters. The number of aryl methyl sites for hydroxylation is 1. The second kappa shape index (κ2) is 6.85. The van der Waals surface area contributed by atoms with Crippen LogP contribution in [0, 0.1) is 34.5 Å². The summed E-state index contributed by atoms with van der Waals surface area (Å²) in [7, 11) is 2.03. The Morgan fingerprint density at radius 2 is 1.97 bits per heavy atom. The van der Waals surface area contributed by atoms with Gasteiger partial charge in [-0.3, -0.25) is 4.79 Å². The van der Waals surface area contributed by atoms with Gasteiger partial charge in [-0.1, -0.05) is 25.6 Å². The minimum Gasteiger partial charge on any atom is -0.388 e. The van der Waals surface area contributed by atoms with Gasteiger partial charge in [0.1, 0.15) is 5.78 Å². The highest BCUT2D eigenvalue weighted by Crippen LogP contribution is 2.68. The molecule has 4 fully saturated rings. The number of aromatic nitrogens is 2. The van der Waals surface area contributed by atoms with Gasteiger partial charge in [0.05, 0.1) is 5.60 Å². The van der Waals surface area contributed by atoms with Crippen LogP contribution in [0.15, 0.2) is 17.6 Å². The molecule has 1 N–H and O–H groups in total. The van der Waals surface area contributed by atoms with Crippen LogP contribution in [0.4, 0.5) is 0 Å². The smallest absolute Gasteiger partial charge is 0.167 e. The van der Waals surface area contributed by atoms with Gasteiger partial charge in [0.15, 0.2) is 5.16 Å². The Morgan fingerprint density at radius 1 is 1.17 bits per heavy atom. The highest BCUT2D eigenvalue weighted by atomic mass is 32.2. The first kappa shape index (κ1) is 20.1. The molecular weight excluding hydrogens is 380 g/mol. The molecule has 4 saturated carbocycles. The fourth-order valence-electron chi connectivity index (χ4n) is 8.07. The highest BCUT2D eigenvalue weighted by Gasteiger charge is 2.64. The quantitative estimate of drug-likeness (QED) is 0.715. The van der Waals surface area contributed by atoms with Crippen LogP contribution in [-0.2, 0) is 11.8 Å². The van der Waals surface area contributed by atoms with E-state index in [9.17, 15) is 9.90 Å². The monoisotopic (exact) mass is 416 g/mol. The Labute approximate surface area is 179 Å². The minimum absolute atomic E-state index is 0.0139. The van der Waals surface area contributed by atoms with E-state index >= 15 is 0 Å². The van der Waals surface area contributed by atoms with Gasteiger partial charge in [0.25, 0.3) is 0 Å². The summed E-state index contributed by atoms with van der Waals surface area (Å²) in [5.74, 6) is 3.95. The van der Waals surface area contributed by atoms with E-state index in [4.69, 9.17) is 0 Å². The zero-order chi connectivity index (χ0) is 20.4. The number of carbonyl (C=O) groups excluding carboxylic acids is 1. The molecule has 5 heteroatoms. The summed E-state index contributed by atoms with van der Waals surface area (Å²) >= 11 is 1.72. The third-order valence-corrected chi connectivity index (χ3v) is 11.3. The first-order chi connectivity index (χ1) is 13.8. The molecule has 4 nitrogen and oxygen atoms in total. The van der Waals surface area contributed by atoms with Gasteiger partial charge in [0, 0.05) is 43.5 Å². The molecule has 1 aromatic rings. The average molecular weight is 417 g/mol. The number of hydrogen-bond acceptors (Lipinski definition) is 4. The maximum Gasteiger partial charge on any atom is 0.167 e. The Morgan fingerprint density at radius 3 is 2.72 bits per heavy atom. The molecule has 4 aliphatic rings. The largest absolute Gasteiger partial charge is 0.388 e. The number of thioether (sulfide) groups is 1. The predicted octanol–water partition coefficient (Wildman–Crippen LogP) is 4.86. The van der Waals surface area contributed by atoms with E-state index in [1.807, 2.05) is 24.0 Å². The normalized spacial score (nSPS) is 46.8. The number of nitrogens with zero attached hydrogens (tertiary/aromatic N) is 2. The van der Waals surface area contributed by atoms with Gasteiger partial charge in [-0.15, -0.1) is 0 Å². The fraction of sp³-hybridized carbons (Fsp3) is 0.833. The number of Topliss-reactive ketones (excluding diaryl/α,β-unsaturated/α-hetero) is 1.